The average molecular weight is 287 g/mol. The Labute approximate surface area is 123 Å². The largest absolute Gasteiger partial charge is 0.494 e. The van der Waals surface area contributed by atoms with E-state index in [-0.39, 0.29) is 18.3 Å². The summed E-state index contributed by atoms with van der Waals surface area (Å²) in [4.78, 5) is 12.1. The number of aryl methyl sites for hydroxylation is 1. The third-order valence-corrected chi connectivity index (χ3v) is 3.13. The lowest BCUT2D eigenvalue weighted by atomic mass is 10.1. The number of amides is 1. The van der Waals surface area contributed by atoms with Gasteiger partial charge in [0, 0.05) is 17.7 Å². The van der Waals surface area contributed by atoms with E-state index in [4.69, 9.17) is 4.74 Å². The summed E-state index contributed by atoms with van der Waals surface area (Å²) in [7, 11) is 0. The molecule has 0 aromatic heterocycles. The van der Waals surface area contributed by atoms with Crippen molar-refractivity contribution in [1.82, 2.24) is 5.32 Å². The van der Waals surface area contributed by atoms with Crippen LogP contribution in [0.2, 0.25) is 0 Å². The fourth-order valence-electron chi connectivity index (χ4n) is 2.03. The molecule has 2 aromatic rings. The highest BCUT2D eigenvalue weighted by Crippen LogP contribution is 2.19. The van der Waals surface area contributed by atoms with Crippen LogP contribution in [0.3, 0.4) is 0 Å². The Kier molecular flexibility index (Phi) is 4.93. The average Bonchev–Trinajstić information content (AvgIpc) is 2.48. The first-order chi connectivity index (χ1) is 10.1. The van der Waals surface area contributed by atoms with Crippen molar-refractivity contribution in [1.29, 1.82) is 0 Å². The predicted molar refractivity (Wildman–Crippen MR) is 79.9 cm³/mol. The summed E-state index contributed by atoms with van der Waals surface area (Å²) >= 11 is 0. The molecule has 3 nitrogen and oxygen atoms in total. The Morgan fingerprint density at radius 3 is 2.67 bits per heavy atom. The Balaban J connectivity index is 2.04. The normalized spacial score (nSPS) is 10.2. The predicted octanol–water partition coefficient (Wildman–Crippen LogP) is 3.46. The van der Waals surface area contributed by atoms with E-state index in [2.05, 4.69) is 5.32 Å². The van der Waals surface area contributed by atoms with Gasteiger partial charge in [-0.1, -0.05) is 18.2 Å². The molecule has 2 rings (SSSR count). The third kappa shape index (κ3) is 3.81. The van der Waals surface area contributed by atoms with Crippen molar-refractivity contribution in [3.8, 4) is 5.75 Å². The molecule has 0 radical (unpaired) electrons. The lowest BCUT2D eigenvalue weighted by molar-refractivity contribution is 0.0950. The van der Waals surface area contributed by atoms with Crippen LogP contribution in [0.15, 0.2) is 42.5 Å². The van der Waals surface area contributed by atoms with E-state index in [0.29, 0.717) is 17.7 Å². The molecule has 0 fully saturated rings. The van der Waals surface area contributed by atoms with Crippen molar-refractivity contribution in [3.63, 3.8) is 0 Å². The van der Waals surface area contributed by atoms with E-state index in [0.717, 1.165) is 11.3 Å². The molecule has 1 N–H and O–H groups in total. The van der Waals surface area contributed by atoms with Gasteiger partial charge in [-0.05, 0) is 43.7 Å². The summed E-state index contributed by atoms with van der Waals surface area (Å²) in [5.74, 6) is 0.216. The van der Waals surface area contributed by atoms with Crippen molar-refractivity contribution in [2.24, 2.45) is 0 Å². The fraction of sp³-hybridized carbons (Fsp3) is 0.235. The molecule has 4 heteroatoms. The molecular weight excluding hydrogens is 269 g/mol. The number of benzene rings is 2. The zero-order valence-electron chi connectivity index (χ0n) is 12.2. The topological polar surface area (TPSA) is 38.3 Å². The Morgan fingerprint density at radius 1 is 1.24 bits per heavy atom. The van der Waals surface area contributed by atoms with E-state index in [9.17, 15) is 9.18 Å². The molecule has 0 aliphatic heterocycles. The van der Waals surface area contributed by atoms with Gasteiger partial charge in [0.25, 0.3) is 5.91 Å². The molecule has 0 saturated carbocycles. The van der Waals surface area contributed by atoms with Gasteiger partial charge in [-0.3, -0.25) is 4.79 Å². The van der Waals surface area contributed by atoms with Gasteiger partial charge in [-0.2, -0.15) is 0 Å². The fourth-order valence-corrected chi connectivity index (χ4v) is 2.03. The SMILES string of the molecule is CCOc1ccc(C(=O)NCc2ccccc2F)cc1C. The van der Waals surface area contributed by atoms with Crippen molar-refractivity contribution >= 4 is 5.91 Å². The second-order valence-corrected chi connectivity index (χ2v) is 4.69. The molecule has 2 aromatic carbocycles. The third-order valence-electron chi connectivity index (χ3n) is 3.13. The molecule has 0 atom stereocenters. The van der Waals surface area contributed by atoms with Gasteiger partial charge < -0.3 is 10.1 Å². The summed E-state index contributed by atoms with van der Waals surface area (Å²) in [5, 5.41) is 2.72. The highest BCUT2D eigenvalue weighted by Gasteiger charge is 2.09. The number of hydrogen-bond donors (Lipinski definition) is 1. The number of halogens is 1. The minimum Gasteiger partial charge on any atom is -0.494 e. The van der Waals surface area contributed by atoms with E-state index in [1.165, 1.54) is 6.07 Å². The van der Waals surface area contributed by atoms with E-state index in [1.54, 1.807) is 36.4 Å². The smallest absolute Gasteiger partial charge is 0.251 e. The van der Waals surface area contributed by atoms with Crippen LogP contribution in [-0.4, -0.2) is 12.5 Å². The molecule has 21 heavy (non-hydrogen) atoms. The summed E-state index contributed by atoms with van der Waals surface area (Å²) < 4.78 is 18.9. The van der Waals surface area contributed by atoms with E-state index >= 15 is 0 Å². The van der Waals surface area contributed by atoms with Gasteiger partial charge in [0.2, 0.25) is 0 Å². The molecule has 0 aliphatic rings. The molecule has 0 heterocycles. The monoisotopic (exact) mass is 287 g/mol. The van der Waals surface area contributed by atoms with Crippen LogP contribution in [0, 0.1) is 12.7 Å². The van der Waals surface area contributed by atoms with Gasteiger partial charge in [0.05, 0.1) is 6.61 Å². The molecule has 0 bridgehead atoms. The van der Waals surface area contributed by atoms with Crippen LogP contribution in [0.5, 0.6) is 5.75 Å². The minimum atomic E-state index is -0.319. The van der Waals surface area contributed by atoms with Crippen LogP contribution in [0.25, 0.3) is 0 Å². The van der Waals surface area contributed by atoms with Crippen LogP contribution >= 0.6 is 0 Å². The van der Waals surface area contributed by atoms with Gasteiger partial charge in [0.1, 0.15) is 11.6 Å². The number of rotatable bonds is 5. The first kappa shape index (κ1) is 15.0. The van der Waals surface area contributed by atoms with Crippen molar-refractivity contribution in [3.05, 3.63) is 65.0 Å². The number of hydrogen-bond acceptors (Lipinski definition) is 2. The first-order valence-corrected chi connectivity index (χ1v) is 6.87. The standard InChI is InChI=1S/C17H18FNO2/c1-3-21-16-9-8-13(10-12(16)2)17(20)19-11-14-6-4-5-7-15(14)18/h4-10H,3,11H2,1-2H3,(H,19,20). The van der Waals surface area contributed by atoms with Crippen molar-refractivity contribution in [2.45, 2.75) is 20.4 Å². The summed E-state index contributed by atoms with van der Waals surface area (Å²) in [6.07, 6.45) is 0. The molecule has 0 aliphatic carbocycles. The summed E-state index contributed by atoms with van der Waals surface area (Å²) in [6, 6.07) is 11.6. The van der Waals surface area contributed by atoms with Crippen LogP contribution < -0.4 is 10.1 Å². The number of carbonyl (C=O) groups excluding carboxylic acids is 1. The highest BCUT2D eigenvalue weighted by molar-refractivity contribution is 5.94. The first-order valence-electron chi connectivity index (χ1n) is 6.87. The lowest BCUT2D eigenvalue weighted by Gasteiger charge is -2.10. The van der Waals surface area contributed by atoms with Crippen molar-refractivity contribution in [2.75, 3.05) is 6.61 Å². The Morgan fingerprint density at radius 2 is 2.00 bits per heavy atom. The molecule has 0 saturated heterocycles. The Bertz CT molecular complexity index is 640. The second-order valence-electron chi connectivity index (χ2n) is 4.69. The van der Waals surface area contributed by atoms with E-state index < -0.39 is 0 Å². The molecular formula is C17H18FNO2. The maximum absolute atomic E-state index is 13.5. The zero-order valence-corrected chi connectivity index (χ0v) is 12.2. The van der Waals surface area contributed by atoms with Crippen LogP contribution in [0.4, 0.5) is 4.39 Å². The van der Waals surface area contributed by atoms with Gasteiger partial charge >= 0.3 is 0 Å². The number of ether oxygens (including phenoxy) is 1. The quantitative estimate of drug-likeness (QED) is 0.914. The number of nitrogens with one attached hydrogen (secondary N) is 1. The van der Waals surface area contributed by atoms with Gasteiger partial charge in [-0.25, -0.2) is 4.39 Å². The van der Waals surface area contributed by atoms with Gasteiger partial charge in [-0.15, -0.1) is 0 Å². The summed E-state index contributed by atoms with van der Waals surface area (Å²) in [5.41, 5.74) is 1.90. The zero-order chi connectivity index (χ0) is 15.2. The highest BCUT2D eigenvalue weighted by atomic mass is 19.1. The maximum atomic E-state index is 13.5. The van der Waals surface area contributed by atoms with E-state index in [1.807, 2.05) is 13.8 Å². The molecule has 0 unspecified atom stereocenters. The number of carbonyl (C=O) groups is 1. The summed E-state index contributed by atoms with van der Waals surface area (Å²) in [6.45, 7) is 4.55. The van der Waals surface area contributed by atoms with Crippen LogP contribution in [0.1, 0.15) is 28.4 Å². The molecule has 0 spiro atoms. The van der Waals surface area contributed by atoms with Crippen molar-refractivity contribution < 1.29 is 13.9 Å². The molecule has 110 valence electrons. The van der Waals surface area contributed by atoms with Crippen LogP contribution in [-0.2, 0) is 6.54 Å². The lowest BCUT2D eigenvalue weighted by Crippen LogP contribution is -2.23. The minimum absolute atomic E-state index is 0.164. The molecule has 1 amide bonds. The maximum Gasteiger partial charge on any atom is 0.251 e. The van der Waals surface area contributed by atoms with Gasteiger partial charge in [0.15, 0.2) is 0 Å². The Hall–Kier alpha value is -2.36. The second kappa shape index (κ2) is 6.88.